The molecule has 0 aliphatic heterocycles. The number of benzene rings is 3. The molecule has 0 aliphatic rings. The van der Waals surface area contributed by atoms with Crippen LogP contribution in [0.2, 0.25) is 0 Å². The maximum atomic E-state index is 13.1. The summed E-state index contributed by atoms with van der Waals surface area (Å²) in [5.74, 6) is 0. The maximum absolute atomic E-state index is 13.1. The van der Waals surface area contributed by atoms with Crippen molar-refractivity contribution < 1.29 is 0 Å². The average Bonchev–Trinajstić information content (AvgIpc) is 2.70. The van der Waals surface area contributed by atoms with Gasteiger partial charge in [-0.05, 0) is 34.9 Å². The Kier molecular flexibility index (Phi) is 4.01. The quantitative estimate of drug-likeness (QED) is 0.510. The molecule has 1 heterocycles. The smallest absolute Gasteiger partial charge is 0.262 e. The predicted octanol–water partition coefficient (Wildman–Crippen LogP) is 5.17. The van der Waals surface area contributed by atoms with Gasteiger partial charge in [0.2, 0.25) is 0 Å². The summed E-state index contributed by atoms with van der Waals surface area (Å²) in [7, 11) is 0. The van der Waals surface area contributed by atoms with Crippen LogP contribution in [0.3, 0.4) is 0 Å². The molecule has 0 saturated heterocycles. The highest BCUT2D eigenvalue weighted by Crippen LogP contribution is 2.24. The average molecular weight is 323 g/mol. The van der Waals surface area contributed by atoms with Crippen molar-refractivity contribution in [2.45, 2.75) is 0 Å². The van der Waals surface area contributed by atoms with Crippen molar-refractivity contribution in [1.29, 1.82) is 0 Å². The lowest BCUT2D eigenvalue weighted by Crippen LogP contribution is -2.19. The first-order chi connectivity index (χ1) is 12.3. The number of aromatic nitrogens is 1. The first kappa shape index (κ1) is 15.2. The summed E-state index contributed by atoms with van der Waals surface area (Å²) in [6.45, 7) is 0. The van der Waals surface area contributed by atoms with Crippen LogP contribution >= 0.6 is 0 Å². The van der Waals surface area contributed by atoms with E-state index in [1.807, 2.05) is 91.1 Å². The first-order valence-electron chi connectivity index (χ1n) is 8.26. The van der Waals surface area contributed by atoms with Crippen molar-refractivity contribution in [3.05, 3.63) is 114 Å². The van der Waals surface area contributed by atoms with E-state index >= 15 is 0 Å². The Morgan fingerprint density at radius 3 is 1.68 bits per heavy atom. The monoisotopic (exact) mass is 323 g/mol. The fourth-order valence-electron chi connectivity index (χ4n) is 2.98. The molecule has 1 aromatic heterocycles. The van der Waals surface area contributed by atoms with Gasteiger partial charge in [-0.3, -0.25) is 9.36 Å². The van der Waals surface area contributed by atoms with Crippen molar-refractivity contribution in [3.8, 4) is 27.9 Å². The van der Waals surface area contributed by atoms with Gasteiger partial charge in [0.25, 0.3) is 5.56 Å². The minimum Gasteiger partial charge on any atom is -0.283 e. The van der Waals surface area contributed by atoms with Crippen LogP contribution in [0, 0.1) is 0 Å². The molecule has 0 spiro atoms. The van der Waals surface area contributed by atoms with Crippen LogP contribution in [0.5, 0.6) is 0 Å². The first-order valence-corrected chi connectivity index (χ1v) is 8.26. The number of hydrogen-bond acceptors (Lipinski definition) is 1. The van der Waals surface area contributed by atoms with E-state index in [1.165, 1.54) is 0 Å². The number of nitrogens with zero attached hydrogens (tertiary/aromatic N) is 1. The van der Waals surface area contributed by atoms with E-state index in [0.29, 0.717) is 5.56 Å². The van der Waals surface area contributed by atoms with Gasteiger partial charge in [-0.15, -0.1) is 0 Å². The fourth-order valence-corrected chi connectivity index (χ4v) is 2.98. The molecule has 0 radical (unpaired) electrons. The number of pyridine rings is 1. The Morgan fingerprint density at radius 1 is 0.560 bits per heavy atom. The number of para-hydroxylation sites is 1. The van der Waals surface area contributed by atoms with Gasteiger partial charge in [0.15, 0.2) is 0 Å². The van der Waals surface area contributed by atoms with Gasteiger partial charge in [0, 0.05) is 17.4 Å². The Balaban J connectivity index is 2.00. The Bertz CT molecular complexity index is 972. The maximum Gasteiger partial charge on any atom is 0.262 e. The molecule has 0 saturated carbocycles. The summed E-state index contributed by atoms with van der Waals surface area (Å²) in [5.41, 5.74) is 4.58. The largest absolute Gasteiger partial charge is 0.283 e. The SMILES string of the molecule is O=c1c(-c2ccccc2)cc(-c2ccccc2)cn1-c1ccccc1. The van der Waals surface area contributed by atoms with Gasteiger partial charge in [0.1, 0.15) is 0 Å². The molecule has 0 amide bonds. The topological polar surface area (TPSA) is 22.0 Å². The van der Waals surface area contributed by atoms with Gasteiger partial charge < -0.3 is 0 Å². The molecule has 0 atom stereocenters. The second kappa shape index (κ2) is 6.62. The van der Waals surface area contributed by atoms with Gasteiger partial charge in [0.05, 0.1) is 0 Å². The van der Waals surface area contributed by atoms with E-state index in [1.54, 1.807) is 4.57 Å². The Hall–Kier alpha value is -3.39. The zero-order valence-electron chi connectivity index (χ0n) is 13.7. The van der Waals surface area contributed by atoms with Crippen LogP contribution in [0.25, 0.3) is 27.9 Å². The second-order valence-electron chi connectivity index (χ2n) is 5.89. The highest BCUT2D eigenvalue weighted by atomic mass is 16.1. The highest BCUT2D eigenvalue weighted by Gasteiger charge is 2.11. The molecule has 0 aliphatic carbocycles. The highest BCUT2D eigenvalue weighted by molar-refractivity contribution is 5.72. The van der Waals surface area contributed by atoms with Gasteiger partial charge in [-0.2, -0.15) is 0 Å². The normalized spacial score (nSPS) is 10.6. The van der Waals surface area contributed by atoms with Crippen LogP contribution in [-0.2, 0) is 0 Å². The van der Waals surface area contributed by atoms with Gasteiger partial charge in [-0.25, -0.2) is 0 Å². The minimum absolute atomic E-state index is 0.0166. The standard InChI is InChI=1S/C23H17NO/c25-23-22(19-12-6-2-7-13-19)16-20(18-10-4-1-5-11-18)17-24(23)21-14-8-3-9-15-21/h1-17H. The van der Waals surface area contributed by atoms with E-state index in [0.717, 1.165) is 22.4 Å². The third-order valence-electron chi connectivity index (χ3n) is 4.24. The van der Waals surface area contributed by atoms with E-state index < -0.39 is 0 Å². The van der Waals surface area contributed by atoms with Crippen LogP contribution in [-0.4, -0.2) is 4.57 Å². The molecule has 25 heavy (non-hydrogen) atoms. The molecule has 2 heteroatoms. The van der Waals surface area contributed by atoms with E-state index in [9.17, 15) is 4.79 Å². The van der Waals surface area contributed by atoms with E-state index in [-0.39, 0.29) is 5.56 Å². The zero-order chi connectivity index (χ0) is 17.1. The molecule has 0 fully saturated rings. The summed E-state index contributed by atoms with van der Waals surface area (Å²) in [6.07, 6.45) is 1.92. The molecule has 4 rings (SSSR count). The molecule has 4 aromatic rings. The summed E-state index contributed by atoms with van der Waals surface area (Å²) in [4.78, 5) is 13.1. The van der Waals surface area contributed by atoms with Crippen LogP contribution < -0.4 is 5.56 Å². The predicted molar refractivity (Wildman–Crippen MR) is 103 cm³/mol. The molecule has 0 N–H and O–H groups in total. The van der Waals surface area contributed by atoms with E-state index in [4.69, 9.17) is 0 Å². The summed E-state index contributed by atoms with van der Waals surface area (Å²) >= 11 is 0. The molecule has 120 valence electrons. The number of hydrogen-bond donors (Lipinski definition) is 0. The Morgan fingerprint density at radius 2 is 1.08 bits per heavy atom. The molecule has 3 aromatic carbocycles. The van der Waals surface area contributed by atoms with Gasteiger partial charge in [-0.1, -0.05) is 78.9 Å². The zero-order valence-corrected chi connectivity index (χ0v) is 13.7. The number of rotatable bonds is 3. The Labute approximate surface area is 146 Å². The van der Waals surface area contributed by atoms with Crippen molar-refractivity contribution in [2.24, 2.45) is 0 Å². The molecular weight excluding hydrogens is 306 g/mol. The lowest BCUT2D eigenvalue weighted by atomic mass is 10.0. The second-order valence-corrected chi connectivity index (χ2v) is 5.89. The molecule has 0 bridgehead atoms. The molecule has 2 nitrogen and oxygen atoms in total. The van der Waals surface area contributed by atoms with Crippen LogP contribution in [0.4, 0.5) is 0 Å². The molecular formula is C23H17NO. The van der Waals surface area contributed by atoms with Crippen molar-refractivity contribution in [1.82, 2.24) is 4.57 Å². The third kappa shape index (κ3) is 3.02. The molecule has 0 unspecified atom stereocenters. The fraction of sp³-hybridized carbons (Fsp3) is 0. The van der Waals surface area contributed by atoms with Gasteiger partial charge >= 0.3 is 0 Å². The summed E-state index contributed by atoms with van der Waals surface area (Å²) < 4.78 is 1.73. The van der Waals surface area contributed by atoms with Crippen LogP contribution in [0.1, 0.15) is 0 Å². The minimum atomic E-state index is -0.0166. The third-order valence-corrected chi connectivity index (χ3v) is 4.24. The van der Waals surface area contributed by atoms with Crippen molar-refractivity contribution in [2.75, 3.05) is 0 Å². The van der Waals surface area contributed by atoms with E-state index in [2.05, 4.69) is 12.1 Å². The van der Waals surface area contributed by atoms with Crippen molar-refractivity contribution in [3.63, 3.8) is 0 Å². The van der Waals surface area contributed by atoms with Crippen molar-refractivity contribution >= 4 is 0 Å². The lowest BCUT2D eigenvalue weighted by Gasteiger charge is -2.12. The van der Waals surface area contributed by atoms with Crippen LogP contribution in [0.15, 0.2) is 108 Å². The lowest BCUT2D eigenvalue weighted by molar-refractivity contribution is 0.995. The summed E-state index contributed by atoms with van der Waals surface area (Å²) in [6, 6.07) is 31.7. The summed E-state index contributed by atoms with van der Waals surface area (Å²) in [5, 5.41) is 0.